The van der Waals surface area contributed by atoms with Gasteiger partial charge in [-0.3, -0.25) is 9.59 Å². The summed E-state index contributed by atoms with van der Waals surface area (Å²) < 4.78 is 23.5. The highest BCUT2D eigenvalue weighted by Gasteiger charge is 2.67. The first-order valence-electron chi connectivity index (χ1n) is 9.28. The first-order valence-corrected chi connectivity index (χ1v) is 9.28. The number of anilines is 2. The molecule has 154 valence electrons. The molecule has 0 heterocycles. The summed E-state index contributed by atoms with van der Waals surface area (Å²) in [5.41, 5.74) is 0.844. The summed E-state index contributed by atoms with van der Waals surface area (Å²) in [6.45, 7) is 3.97. The van der Waals surface area contributed by atoms with Crippen molar-refractivity contribution in [3.05, 3.63) is 53.8 Å². The first-order chi connectivity index (χ1) is 13.7. The second kappa shape index (κ2) is 7.83. The number of halogens is 1. The van der Waals surface area contributed by atoms with Gasteiger partial charge in [0.15, 0.2) is 0 Å². The van der Waals surface area contributed by atoms with Gasteiger partial charge < -0.3 is 20.1 Å². The van der Waals surface area contributed by atoms with Crippen molar-refractivity contribution in [1.29, 1.82) is 0 Å². The fraction of sp³-hybridized carbons (Fsp3) is 0.364. The number of amides is 2. The standard InChI is InChI=1S/C22H25FN2O4/c1-21(2)13-22(21,14-5-7-15(23)8-6-14)20(27)24-16-9-10-17(18(11-16)29-4)25-19(26)12-28-3/h5-11H,12-13H2,1-4H3,(H,24,27)(H,25,26). The molecule has 0 saturated heterocycles. The van der Waals surface area contributed by atoms with Crippen molar-refractivity contribution in [3.63, 3.8) is 0 Å². The fourth-order valence-corrected chi connectivity index (χ4v) is 3.79. The molecule has 0 radical (unpaired) electrons. The third-order valence-corrected chi connectivity index (χ3v) is 5.47. The number of hydrogen-bond acceptors (Lipinski definition) is 4. The molecule has 0 bridgehead atoms. The highest BCUT2D eigenvalue weighted by atomic mass is 19.1. The van der Waals surface area contributed by atoms with E-state index in [1.807, 2.05) is 13.8 Å². The highest BCUT2D eigenvalue weighted by molar-refractivity contribution is 6.03. The van der Waals surface area contributed by atoms with Crippen molar-refractivity contribution in [2.24, 2.45) is 5.41 Å². The van der Waals surface area contributed by atoms with Crippen molar-refractivity contribution in [2.75, 3.05) is 31.5 Å². The Bertz CT molecular complexity index is 927. The minimum Gasteiger partial charge on any atom is -0.494 e. The monoisotopic (exact) mass is 400 g/mol. The van der Waals surface area contributed by atoms with Crippen LogP contribution in [0.2, 0.25) is 0 Å². The van der Waals surface area contributed by atoms with Crippen molar-refractivity contribution >= 4 is 23.2 Å². The number of rotatable bonds is 7. The summed E-state index contributed by atoms with van der Waals surface area (Å²) in [4.78, 5) is 25.0. The number of carbonyl (C=O) groups is 2. The van der Waals surface area contributed by atoms with Gasteiger partial charge in [-0.05, 0) is 41.7 Å². The zero-order chi connectivity index (χ0) is 21.2. The molecule has 0 aliphatic heterocycles. The van der Waals surface area contributed by atoms with Crippen LogP contribution in [0.5, 0.6) is 5.75 Å². The van der Waals surface area contributed by atoms with Gasteiger partial charge in [-0.25, -0.2) is 4.39 Å². The van der Waals surface area contributed by atoms with Crippen LogP contribution in [-0.4, -0.2) is 32.6 Å². The van der Waals surface area contributed by atoms with Crippen molar-refractivity contribution in [1.82, 2.24) is 0 Å². The molecule has 2 amide bonds. The molecular formula is C22H25FN2O4. The van der Waals surface area contributed by atoms with E-state index >= 15 is 0 Å². The van der Waals surface area contributed by atoms with Gasteiger partial charge >= 0.3 is 0 Å². The van der Waals surface area contributed by atoms with Gasteiger partial charge in [0.25, 0.3) is 0 Å². The largest absolute Gasteiger partial charge is 0.494 e. The minimum absolute atomic E-state index is 0.0725. The average Bonchev–Trinajstić information content (AvgIpc) is 3.27. The minimum atomic E-state index is -0.723. The Kier molecular flexibility index (Phi) is 5.61. The van der Waals surface area contributed by atoms with Gasteiger partial charge in [0.1, 0.15) is 18.2 Å². The lowest BCUT2D eigenvalue weighted by atomic mass is 9.87. The molecule has 3 rings (SSSR count). The molecule has 1 aliphatic rings. The highest BCUT2D eigenvalue weighted by Crippen LogP contribution is 2.64. The summed E-state index contributed by atoms with van der Waals surface area (Å²) in [7, 11) is 2.92. The van der Waals surface area contributed by atoms with Crippen molar-refractivity contribution < 1.29 is 23.5 Å². The molecule has 29 heavy (non-hydrogen) atoms. The van der Waals surface area contributed by atoms with E-state index in [1.54, 1.807) is 30.3 Å². The van der Waals surface area contributed by atoms with E-state index in [0.717, 1.165) is 5.56 Å². The normalized spacial score (nSPS) is 19.3. The molecule has 1 atom stereocenters. The molecule has 1 unspecified atom stereocenters. The summed E-state index contributed by atoms with van der Waals surface area (Å²) in [5.74, 6) is -0.387. The van der Waals surface area contributed by atoms with Crippen LogP contribution in [0, 0.1) is 11.2 Å². The van der Waals surface area contributed by atoms with Crippen LogP contribution in [0.1, 0.15) is 25.8 Å². The van der Waals surface area contributed by atoms with Crippen LogP contribution in [0.25, 0.3) is 0 Å². The number of methoxy groups -OCH3 is 2. The third kappa shape index (κ3) is 3.96. The van der Waals surface area contributed by atoms with E-state index < -0.39 is 5.41 Å². The van der Waals surface area contributed by atoms with E-state index in [2.05, 4.69) is 10.6 Å². The van der Waals surface area contributed by atoms with Gasteiger partial charge in [-0.15, -0.1) is 0 Å². The van der Waals surface area contributed by atoms with E-state index in [1.165, 1.54) is 26.4 Å². The molecule has 0 spiro atoms. The van der Waals surface area contributed by atoms with Gasteiger partial charge in [0, 0.05) is 18.9 Å². The Hall–Kier alpha value is -2.93. The lowest BCUT2D eigenvalue weighted by molar-refractivity contribution is -0.120. The quantitative estimate of drug-likeness (QED) is 0.743. The van der Waals surface area contributed by atoms with Crippen molar-refractivity contribution in [2.45, 2.75) is 25.7 Å². The second-order valence-corrected chi connectivity index (χ2v) is 7.82. The topological polar surface area (TPSA) is 76.7 Å². The number of hydrogen-bond donors (Lipinski definition) is 2. The molecule has 1 saturated carbocycles. The maximum Gasteiger partial charge on any atom is 0.250 e. The maximum absolute atomic E-state index is 13.3. The Labute approximate surface area is 169 Å². The Morgan fingerprint density at radius 3 is 2.28 bits per heavy atom. The second-order valence-electron chi connectivity index (χ2n) is 7.82. The van der Waals surface area contributed by atoms with E-state index in [4.69, 9.17) is 9.47 Å². The third-order valence-electron chi connectivity index (χ3n) is 5.47. The molecule has 7 heteroatoms. The SMILES string of the molecule is COCC(=O)Nc1ccc(NC(=O)C2(c3ccc(F)cc3)CC2(C)C)cc1OC. The average molecular weight is 400 g/mol. The molecule has 6 nitrogen and oxygen atoms in total. The number of benzene rings is 2. The zero-order valence-electron chi connectivity index (χ0n) is 17.0. The number of ether oxygens (including phenoxy) is 2. The molecule has 1 aliphatic carbocycles. The van der Waals surface area contributed by atoms with E-state index in [0.29, 0.717) is 23.5 Å². The Balaban J connectivity index is 1.82. The van der Waals surface area contributed by atoms with Gasteiger partial charge in [0.05, 0.1) is 18.2 Å². The summed E-state index contributed by atoms with van der Waals surface area (Å²) in [5, 5.41) is 5.64. The van der Waals surface area contributed by atoms with E-state index in [9.17, 15) is 14.0 Å². The van der Waals surface area contributed by atoms with Crippen LogP contribution in [0.3, 0.4) is 0 Å². The van der Waals surface area contributed by atoms with Crippen LogP contribution in [-0.2, 0) is 19.7 Å². The molecule has 2 N–H and O–H groups in total. The number of nitrogens with one attached hydrogen (secondary N) is 2. The van der Waals surface area contributed by atoms with E-state index in [-0.39, 0.29) is 29.7 Å². The van der Waals surface area contributed by atoms with Crippen LogP contribution < -0.4 is 15.4 Å². The first kappa shape index (κ1) is 20.8. The maximum atomic E-state index is 13.3. The lowest BCUT2D eigenvalue weighted by Gasteiger charge is -2.21. The molecule has 1 fully saturated rings. The lowest BCUT2D eigenvalue weighted by Crippen LogP contribution is -2.32. The number of carbonyl (C=O) groups excluding carboxylic acids is 2. The summed E-state index contributed by atoms with van der Waals surface area (Å²) in [6, 6.07) is 11.1. The predicted octanol–water partition coefficient (Wildman–Crippen LogP) is 3.73. The van der Waals surface area contributed by atoms with Crippen LogP contribution in [0.15, 0.2) is 42.5 Å². The van der Waals surface area contributed by atoms with Gasteiger partial charge in [0.2, 0.25) is 11.8 Å². The van der Waals surface area contributed by atoms with Gasteiger partial charge in [-0.2, -0.15) is 0 Å². The van der Waals surface area contributed by atoms with Crippen LogP contribution in [0.4, 0.5) is 15.8 Å². The predicted molar refractivity (Wildman–Crippen MR) is 109 cm³/mol. The van der Waals surface area contributed by atoms with Crippen LogP contribution >= 0.6 is 0 Å². The Morgan fingerprint density at radius 1 is 1.07 bits per heavy atom. The summed E-state index contributed by atoms with van der Waals surface area (Å²) >= 11 is 0. The zero-order valence-corrected chi connectivity index (χ0v) is 17.0. The Morgan fingerprint density at radius 2 is 1.72 bits per heavy atom. The van der Waals surface area contributed by atoms with Crippen molar-refractivity contribution in [3.8, 4) is 5.75 Å². The smallest absolute Gasteiger partial charge is 0.250 e. The summed E-state index contributed by atoms with van der Waals surface area (Å²) in [6.07, 6.45) is 0.666. The molecule has 0 aromatic heterocycles. The van der Waals surface area contributed by atoms with Gasteiger partial charge in [-0.1, -0.05) is 26.0 Å². The molecule has 2 aromatic carbocycles. The fourth-order valence-electron chi connectivity index (χ4n) is 3.79. The molecular weight excluding hydrogens is 375 g/mol. The molecule has 2 aromatic rings.